The van der Waals surface area contributed by atoms with Crippen molar-refractivity contribution in [2.24, 2.45) is 4.99 Å². The van der Waals surface area contributed by atoms with Crippen LogP contribution in [0.2, 0.25) is 10.0 Å². The van der Waals surface area contributed by atoms with E-state index in [0.717, 1.165) is 11.8 Å². The molecule has 0 atom stereocenters. The maximum atomic E-state index is 12.1. The van der Waals surface area contributed by atoms with Crippen molar-refractivity contribution in [1.82, 2.24) is 5.32 Å². The minimum Gasteiger partial charge on any atom is -0.506 e. The number of hydrogen-bond acceptors (Lipinski definition) is 4. The number of rotatable bonds is 2. The second-order valence-electron chi connectivity index (χ2n) is 4.76. The lowest BCUT2D eigenvalue weighted by molar-refractivity contribution is -0.115. The maximum Gasteiger partial charge on any atom is 0.264 e. The lowest BCUT2D eigenvalue weighted by Crippen LogP contribution is -2.19. The molecule has 1 aliphatic rings. The largest absolute Gasteiger partial charge is 0.506 e. The van der Waals surface area contributed by atoms with E-state index in [-0.39, 0.29) is 16.7 Å². The zero-order valence-electron chi connectivity index (χ0n) is 11.9. The van der Waals surface area contributed by atoms with Crippen LogP contribution < -0.4 is 5.32 Å². The van der Waals surface area contributed by atoms with Crippen LogP contribution in [-0.4, -0.2) is 16.2 Å². The van der Waals surface area contributed by atoms with Gasteiger partial charge >= 0.3 is 0 Å². The summed E-state index contributed by atoms with van der Waals surface area (Å²) in [6, 6.07) is 10.3. The van der Waals surface area contributed by atoms with Crippen molar-refractivity contribution in [2.75, 3.05) is 0 Å². The number of halogens is 3. The van der Waals surface area contributed by atoms with Crippen molar-refractivity contribution >= 4 is 73.7 Å². The summed E-state index contributed by atoms with van der Waals surface area (Å²) in [5, 5.41) is 13.8. The van der Waals surface area contributed by atoms with Gasteiger partial charge in [0.25, 0.3) is 5.91 Å². The molecule has 2 aromatic carbocycles. The van der Waals surface area contributed by atoms with Crippen molar-refractivity contribution in [3.05, 3.63) is 61.4 Å². The molecule has 2 N–H and O–H groups in total. The zero-order chi connectivity index (χ0) is 17.3. The number of aromatic hydroxyl groups is 1. The average Bonchev–Trinajstić information content (AvgIpc) is 2.86. The maximum absolute atomic E-state index is 12.1. The number of amidine groups is 1. The fraction of sp³-hybridized carbons (Fsp3) is 0. The van der Waals surface area contributed by atoms with Crippen LogP contribution in [-0.2, 0) is 4.79 Å². The van der Waals surface area contributed by atoms with Gasteiger partial charge in [-0.1, -0.05) is 51.3 Å². The van der Waals surface area contributed by atoms with Crippen LogP contribution in [0.25, 0.3) is 6.08 Å². The first-order chi connectivity index (χ1) is 11.4. The molecule has 4 nitrogen and oxygen atoms in total. The molecule has 1 fully saturated rings. The van der Waals surface area contributed by atoms with Gasteiger partial charge in [-0.25, -0.2) is 4.99 Å². The van der Waals surface area contributed by atoms with E-state index in [1.165, 1.54) is 0 Å². The molecule has 8 heteroatoms. The van der Waals surface area contributed by atoms with Crippen molar-refractivity contribution in [3.63, 3.8) is 0 Å². The van der Waals surface area contributed by atoms with E-state index in [1.54, 1.807) is 36.4 Å². The molecule has 0 bridgehead atoms. The minimum absolute atomic E-state index is 0.0859. The predicted molar refractivity (Wildman–Crippen MR) is 103 cm³/mol. The Bertz CT molecular complexity index is 900. The third-order valence-corrected chi connectivity index (χ3v) is 5.05. The summed E-state index contributed by atoms with van der Waals surface area (Å²) >= 11 is 16.5. The molecule has 24 heavy (non-hydrogen) atoms. The van der Waals surface area contributed by atoms with E-state index in [4.69, 9.17) is 23.2 Å². The predicted octanol–water partition coefficient (Wildman–Crippen LogP) is 5.35. The number of thioether (sulfide) groups is 1. The van der Waals surface area contributed by atoms with Crippen LogP contribution in [0.3, 0.4) is 0 Å². The third-order valence-electron chi connectivity index (χ3n) is 3.07. The van der Waals surface area contributed by atoms with Crippen LogP contribution in [0.5, 0.6) is 5.75 Å². The summed E-state index contributed by atoms with van der Waals surface area (Å²) in [7, 11) is 0. The quantitative estimate of drug-likeness (QED) is 0.614. The van der Waals surface area contributed by atoms with Gasteiger partial charge in [-0.15, -0.1) is 0 Å². The number of nitrogens with zero attached hydrogens (tertiary/aromatic N) is 1. The highest BCUT2D eigenvalue weighted by atomic mass is 79.9. The van der Waals surface area contributed by atoms with Gasteiger partial charge in [0.1, 0.15) is 5.75 Å². The zero-order valence-corrected chi connectivity index (χ0v) is 15.8. The normalized spacial score (nSPS) is 17.5. The van der Waals surface area contributed by atoms with Crippen molar-refractivity contribution in [3.8, 4) is 5.75 Å². The Kier molecular flexibility index (Phi) is 5.20. The Labute approximate surface area is 160 Å². The van der Waals surface area contributed by atoms with Gasteiger partial charge in [0.2, 0.25) is 0 Å². The van der Waals surface area contributed by atoms with Crippen LogP contribution in [0, 0.1) is 0 Å². The summed E-state index contributed by atoms with van der Waals surface area (Å²) in [5.74, 6) is -0.390. The molecule has 0 unspecified atom stereocenters. The summed E-state index contributed by atoms with van der Waals surface area (Å²) in [6.07, 6.45) is 1.56. The number of amides is 1. The minimum atomic E-state index is -0.304. The smallest absolute Gasteiger partial charge is 0.264 e. The molecule has 0 saturated carbocycles. The lowest BCUT2D eigenvalue weighted by atomic mass is 10.2. The lowest BCUT2D eigenvalue weighted by Gasteiger charge is -2.03. The van der Waals surface area contributed by atoms with Crippen LogP contribution in [0.1, 0.15) is 5.56 Å². The van der Waals surface area contributed by atoms with Crippen molar-refractivity contribution in [1.29, 1.82) is 0 Å². The molecule has 1 amide bonds. The Balaban J connectivity index is 1.92. The van der Waals surface area contributed by atoms with E-state index in [0.29, 0.717) is 30.8 Å². The van der Waals surface area contributed by atoms with E-state index in [2.05, 4.69) is 26.2 Å². The van der Waals surface area contributed by atoms with E-state index >= 15 is 0 Å². The third kappa shape index (κ3) is 3.78. The highest BCUT2D eigenvalue weighted by Gasteiger charge is 2.24. The Morgan fingerprint density at radius 3 is 2.71 bits per heavy atom. The second kappa shape index (κ2) is 7.19. The number of phenolic OH excluding ortho intramolecular Hbond substituents is 1. The molecule has 0 aliphatic carbocycles. The average molecular weight is 444 g/mol. The molecule has 1 heterocycles. The number of phenols is 1. The topological polar surface area (TPSA) is 61.7 Å². The van der Waals surface area contributed by atoms with E-state index in [9.17, 15) is 9.90 Å². The monoisotopic (exact) mass is 442 g/mol. The molecular weight excluding hydrogens is 435 g/mol. The number of hydrogen-bond donors (Lipinski definition) is 2. The van der Waals surface area contributed by atoms with Crippen molar-refractivity contribution in [2.45, 2.75) is 0 Å². The molecule has 2 aromatic rings. The van der Waals surface area contributed by atoms with Gasteiger partial charge < -0.3 is 10.4 Å². The fourth-order valence-corrected chi connectivity index (χ4v) is 3.81. The van der Waals surface area contributed by atoms with E-state index in [1.807, 2.05) is 6.07 Å². The second-order valence-corrected chi connectivity index (χ2v) is 7.52. The molecule has 3 rings (SSSR count). The van der Waals surface area contributed by atoms with Crippen LogP contribution >= 0.6 is 50.9 Å². The molecule has 1 aliphatic heterocycles. The molecule has 0 aromatic heterocycles. The number of benzene rings is 2. The first-order valence-corrected chi connectivity index (χ1v) is 9.02. The SMILES string of the molecule is O=C1NC(=Nc2ccccc2Cl)SC1=Cc1cc(Br)cc(Cl)c1O. The Morgan fingerprint density at radius 2 is 1.96 bits per heavy atom. The summed E-state index contributed by atoms with van der Waals surface area (Å²) in [6.45, 7) is 0. The Morgan fingerprint density at radius 1 is 1.21 bits per heavy atom. The first-order valence-electron chi connectivity index (χ1n) is 6.66. The number of aliphatic imine (C=N–C) groups is 1. The van der Waals surface area contributed by atoms with Crippen LogP contribution in [0.4, 0.5) is 5.69 Å². The standard InChI is InChI=1S/C16H9BrCl2N2O2S/c17-9-5-8(14(22)11(19)7-9)6-13-15(23)21-16(24-13)20-12-4-2-1-3-10(12)18/h1-7,22H,(H,20,21,23). The van der Waals surface area contributed by atoms with Gasteiger partial charge in [0, 0.05) is 10.0 Å². The molecular formula is C16H9BrCl2N2O2S. The van der Waals surface area contributed by atoms with Gasteiger partial charge in [0.05, 0.1) is 20.6 Å². The fourth-order valence-electron chi connectivity index (χ4n) is 1.97. The number of nitrogens with one attached hydrogen (secondary N) is 1. The molecule has 1 saturated heterocycles. The van der Waals surface area contributed by atoms with Gasteiger partial charge in [-0.2, -0.15) is 0 Å². The molecule has 0 spiro atoms. The van der Waals surface area contributed by atoms with E-state index < -0.39 is 0 Å². The highest BCUT2D eigenvalue weighted by molar-refractivity contribution is 9.10. The first kappa shape index (κ1) is 17.4. The van der Waals surface area contributed by atoms with Gasteiger partial charge in [-0.3, -0.25) is 4.79 Å². The molecule has 122 valence electrons. The number of carbonyl (C=O) groups excluding carboxylic acids is 1. The number of para-hydroxylation sites is 1. The van der Waals surface area contributed by atoms with Gasteiger partial charge in [-0.05, 0) is 42.1 Å². The Hall–Kier alpha value is -1.47. The van der Waals surface area contributed by atoms with Crippen LogP contribution in [0.15, 0.2) is 50.8 Å². The van der Waals surface area contributed by atoms with Crippen molar-refractivity contribution < 1.29 is 9.90 Å². The molecule has 0 radical (unpaired) electrons. The highest BCUT2D eigenvalue weighted by Crippen LogP contribution is 2.36. The summed E-state index contributed by atoms with van der Waals surface area (Å²) in [4.78, 5) is 16.8. The summed E-state index contributed by atoms with van der Waals surface area (Å²) < 4.78 is 0.700. The summed E-state index contributed by atoms with van der Waals surface area (Å²) in [5.41, 5.74) is 1.00. The van der Waals surface area contributed by atoms with Gasteiger partial charge in [0.15, 0.2) is 5.17 Å². The number of carbonyl (C=O) groups is 1.